The average Bonchev–Trinajstić information content (AvgIpc) is 2.68. The Morgan fingerprint density at radius 1 is 1.33 bits per heavy atom. The number of carbonyl (C=O) groups excluding carboxylic acids is 1. The van der Waals surface area contributed by atoms with Crippen LogP contribution in [-0.4, -0.2) is 25.7 Å². The standard InChI is InChI=1S/C8H6BrN5O/c9-6-2-11-8(12-3-6)14-4-5(1-13-14)7(10)15/h1-4H,(H2,10,15). The highest BCUT2D eigenvalue weighted by atomic mass is 79.9. The molecule has 7 heteroatoms. The van der Waals surface area contributed by atoms with E-state index in [9.17, 15) is 4.79 Å². The SMILES string of the molecule is NC(=O)c1cnn(-c2ncc(Br)cn2)c1. The number of aromatic nitrogens is 4. The first kappa shape index (κ1) is 9.78. The van der Waals surface area contributed by atoms with Crippen molar-refractivity contribution < 1.29 is 4.79 Å². The van der Waals surface area contributed by atoms with Crippen molar-refractivity contribution in [2.75, 3.05) is 0 Å². The maximum absolute atomic E-state index is 10.8. The monoisotopic (exact) mass is 267 g/mol. The summed E-state index contributed by atoms with van der Waals surface area (Å²) in [5.74, 6) is -0.149. The lowest BCUT2D eigenvalue weighted by Crippen LogP contribution is -2.09. The predicted octanol–water partition coefficient (Wildman–Crippen LogP) is 0.524. The topological polar surface area (TPSA) is 86.7 Å². The van der Waals surface area contributed by atoms with E-state index in [2.05, 4.69) is 31.0 Å². The second-order valence-electron chi connectivity index (χ2n) is 2.74. The van der Waals surface area contributed by atoms with E-state index in [0.717, 1.165) is 4.47 Å². The second-order valence-corrected chi connectivity index (χ2v) is 3.65. The van der Waals surface area contributed by atoms with Crippen LogP contribution in [0.4, 0.5) is 0 Å². The van der Waals surface area contributed by atoms with Crippen LogP contribution in [0.3, 0.4) is 0 Å². The van der Waals surface area contributed by atoms with E-state index in [4.69, 9.17) is 5.73 Å². The van der Waals surface area contributed by atoms with E-state index in [1.807, 2.05) is 0 Å². The quantitative estimate of drug-likeness (QED) is 0.860. The summed E-state index contributed by atoms with van der Waals surface area (Å²) in [5, 5.41) is 3.91. The summed E-state index contributed by atoms with van der Waals surface area (Å²) in [6, 6.07) is 0. The molecule has 15 heavy (non-hydrogen) atoms. The summed E-state index contributed by atoms with van der Waals surface area (Å²) >= 11 is 3.22. The molecular formula is C8H6BrN5O. The van der Waals surface area contributed by atoms with Crippen molar-refractivity contribution in [3.63, 3.8) is 0 Å². The van der Waals surface area contributed by atoms with E-state index >= 15 is 0 Å². The van der Waals surface area contributed by atoms with Crippen LogP contribution in [-0.2, 0) is 0 Å². The van der Waals surface area contributed by atoms with E-state index < -0.39 is 5.91 Å². The molecule has 76 valence electrons. The van der Waals surface area contributed by atoms with Gasteiger partial charge in [-0.3, -0.25) is 4.79 Å². The maximum Gasteiger partial charge on any atom is 0.251 e. The lowest BCUT2D eigenvalue weighted by Gasteiger charge is -1.97. The number of nitrogens with two attached hydrogens (primary N) is 1. The number of nitrogens with zero attached hydrogens (tertiary/aromatic N) is 4. The Balaban J connectivity index is 2.37. The van der Waals surface area contributed by atoms with E-state index in [-0.39, 0.29) is 0 Å². The minimum absolute atomic E-state index is 0.321. The largest absolute Gasteiger partial charge is 0.366 e. The summed E-state index contributed by atoms with van der Waals surface area (Å²) in [7, 11) is 0. The highest BCUT2D eigenvalue weighted by molar-refractivity contribution is 9.10. The molecule has 6 nitrogen and oxygen atoms in total. The fourth-order valence-electron chi connectivity index (χ4n) is 0.983. The number of rotatable bonds is 2. The molecule has 0 fully saturated rings. The first-order chi connectivity index (χ1) is 7.16. The Hall–Kier alpha value is -1.76. The summed E-state index contributed by atoms with van der Waals surface area (Å²) in [6.45, 7) is 0. The molecule has 2 rings (SSSR count). The second kappa shape index (κ2) is 3.77. The average molecular weight is 268 g/mol. The van der Waals surface area contributed by atoms with Crippen molar-refractivity contribution in [2.24, 2.45) is 5.73 Å². The van der Waals surface area contributed by atoms with Crippen molar-refractivity contribution in [3.05, 3.63) is 34.8 Å². The molecule has 0 saturated heterocycles. The highest BCUT2D eigenvalue weighted by Gasteiger charge is 2.06. The molecule has 0 spiro atoms. The number of carbonyl (C=O) groups is 1. The van der Waals surface area contributed by atoms with Gasteiger partial charge in [-0.2, -0.15) is 5.10 Å². The van der Waals surface area contributed by atoms with Gasteiger partial charge in [0, 0.05) is 18.6 Å². The van der Waals surface area contributed by atoms with E-state index in [1.54, 1.807) is 12.4 Å². The van der Waals surface area contributed by atoms with Gasteiger partial charge in [-0.15, -0.1) is 0 Å². The summed E-state index contributed by atoms with van der Waals surface area (Å²) in [5.41, 5.74) is 5.41. The maximum atomic E-state index is 10.8. The molecule has 0 saturated carbocycles. The van der Waals surface area contributed by atoms with Crippen molar-refractivity contribution in [1.29, 1.82) is 0 Å². The van der Waals surface area contributed by atoms with Gasteiger partial charge in [-0.05, 0) is 15.9 Å². The minimum Gasteiger partial charge on any atom is -0.366 e. The molecule has 0 aliphatic carbocycles. The van der Waals surface area contributed by atoms with Gasteiger partial charge in [-0.1, -0.05) is 0 Å². The van der Waals surface area contributed by atoms with Crippen molar-refractivity contribution >= 4 is 21.8 Å². The molecule has 1 amide bonds. The Kier molecular flexibility index (Phi) is 2.46. The van der Waals surface area contributed by atoms with Crippen LogP contribution in [0.5, 0.6) is 0 Å². The Morgan fingerprint density at radius 3 is 2.53 bits per heavy atom. The van der Waals surface area contributed by atoms with Crippen molar-refractivity contribution in [3.8, 4) is 5.95 Å². The van der Waals surface area contributed by atoms with Crippen LogP contribution < -0.4 is 5.73 Å². The molecule has 0 atom stereocenters. The Bertz CT molecular complexity index is 492. The van der Waals surface area contributed by atoms with Crippen LogP contribution >= 0.6 is 15.9 Å². The summed E-state index contributed by atoms with van der Waals surface area (Å²) in [6.07, 6.45) is 6.03. The molecule has 0 radical (unpaired) electrons. The normalized spacial score (nSPS) is 10.2. The molecule has 2 heterocycles. The van der Waals surface area contributed by atoms with Crippen LogP contribution in [0, 0.1) is 0 Å². The minimum atomic E-state index is -0.529. The lowest BCUT2D eigenvalue weighted by atomic mass is 10.4. The van der Waals surface area contributed by atoms with Gasteiger partial charge in [0.1, 0.15) is 0 Å². The van der Waals surface area contributed by atoms with E-state index in [1.165, 1.54) is 17.1 Å². The fourth-order valence-corrected chi connectivity index (χ4v) is 1.19. The summed E-state index contributed by atoms with van der Waals surface area (Å²) in [4.78, 5) is 18.8. The molecule has 0 aliphatic rings. The molecule has 0 bridgehead atoms. The highest BCUT2D eigenvalue weighted by Crippen LogP contribution is 2.07. The summed E-state index contributed by atoms with van der Waals surface area (Å²) < 4.78 is 2.15. The Labute approximate surface area is 93.3 Å². The van der Waals surface area contributed by atoms with Crippen LogP contribution in [0.15, 0.2) is 29.3 Å². The van der Waals surface area contributed by atoms with Crippen molar-refractivity contribution in [2.45, 2.75) is 0 Å². The van der Waals surface area contributed by atoms with Crippen LogP contribution in [0.2, 0.25) is 0 Å². The molecule has 0 aliphatic heterocycles. The third-order valence-electron chi connectivity index (χ3n) is 1.68. The molecule has 2 aromatic heterocycles. The molecule has 2 N–H and O–H groups in total. The number of primary amides is 1. The van der Waals surface area contributed by atoms with E-state index in [0.29, 0.717) is 11.5 Å². The van der Waals surface area contributed by atoms with Gasteiger partial charge in [0.15, 0.2) is 0 Å². The Morgan fingerprint density at radius 2 is 2.00 bits per heavy atom. The number of hydrogen-bond donors (Lipinski definition) is 1. The first-order valence-corrected chi connectivity index (χ1v) is 4.78. The van der Waals surface area contributed by atoms with Crippen molar-refractivity contribution in [1.82, 2.24) is 19.7 Å². The van der Waals surface area contributed by atoms with Gasteiger partial charge >= 0.3 is 0 Å². The first-order valence-electron chi connectivity index (χ1n) is 3.99. The molecule has 2 aromatic rings. The predicted molar refractivity (Wildman–Crippen MR) is 55.4 cm³/mol. The number of amides is 1. The fraction of sp³-hybridized carbons (Fsp3) is 0. The smallest absolute Gasteiger partial charge is 0.251 e. The third-order valence-corrected chi connectivity index (χ3v) is 2.09. The zero-order valence-electron chi connectivity index (χ0n) is 7.46. The number of halogens is 1. The zero-order valence-corrected chi connectivity index (χ0v) is 9.05. The van der Waals surface area contributed by atoms with Gasteiger partial charge < -0.3 is 5.73 Å². The molecule has 0 aromatic carbocycles. The van der Waals surface area contributed by atoms with Crippen LogP contribution in [0.1, 0.15) is 10.4 Å². The van der Waals surface area contributed by atoms with Gasteiger partial charge in [0.25, 0.3) is 11.9 Å². The molecular weight excluding hydrogens is 262 g/mol. The zero-order chi connectivity index (χ0) is 10.8. The van der Waals surface area contributed by atoms with Gasteiger partial charge in [0.2, 0.25) is 0 Å². The molecule has 0 unspecified atom stereocenters. The third kappa shape index (κ3) is 2.01. The van der Waals surface area contributed by atoms with Crippen LogP contribution in [0.25, 0.3) is 5.95 Å². The van der Waals surface area contributed by atoms with Gasteiger partial charge in [-0.25, -0.2) is 14.6 Å². The number of hydrogen-bond acceptors (Lipinski definition) is 4. The lowest BCUT2D eigenvalue weighted by molar-refractivity contribution is 0.100. The van der Waals surface area contributed by atoms with Gasteiger partial charge in [0.05, 0.1) is 16.2 Å².